The molecule has 0 saturated carbocycles. The molecule has 1 amide bonds. The van der Waals surface area contributed by atoms with Crippen LogP contribution in [0.5, 0.6) is 0 Å². The Bertz CT molecular complexity index is 667. The average molecular weight is 329 g/mol. The molecular formula is C14H11ClF2N2OS. The molecule has 0 bridgehead atoms. The molecule has 0 fully saturated rings. The van der Waals surface area contributed by atoms with Gasteiger partial charge in [0.1, 0.15) is 5.03 Å². The molecule has 2 rings (SSSR count). The zero-order valence-electron chi connectivity index (χ0n) is 10.9. The zero-order chi connectivity index (χ0) is 15.4. The Morgan fingerprint density at radius 1 is 1.33 bits per heavy atom. The van der Waals surface area contributed by atoms with Crippen LogP contribution in [0.4, 0.5) is 14.5 Å². The number of amides is 1. The third kappa shape index (κ3) is 3.92. The number of rotatable bonds is 4. The zero-order valence-corrected chi connectivity index (χ0v) is 12.5. The molecule has 1 aromatic heterocycles. The van der Waals surface area contributed by atoms with E-state index in [9.17, 15) is 13.6 Å². The van der Waals surface area contributed by atoms with E-state index < -0.39 is 11.7 Å². The highest BCUT2D eigenvalue weighted by Gasteiger charge is 2.17. The fourth-order valence-corrected chi connectivity index (χ4v) is 2.43. The lowest BCUT2D eigenvalue weighted by Gasteiger charge is -2.11. The maximum Gasteiger partial charge on any atom is 0.290 e. The largest absolute Gasteiger partial charge is 0.322 e. The van der Waals surface area contributed by atoms with E-state index in [4.69, 9.17) is 11.6 Å². The number of alkyl halides is 2. The van der Waals surface area contributed by atoms with E-state index in [0.717, 1.165) is 0 Å². The summed E-state index contributed by atoms with van der Waals surface area (Å²) in [5.41, 5.74) is 1.34. The SMILES string of the molecule is Cc1c(Cl)cccc1NC(=O)c1cccnc1SC(F)F. The topological polar surface area (TPSA) is 42.0 Å². The Morgan fingerprint density at radius 3 is 2.81 bits per heavy atom. The van der Waals surface area contributed by atoms with Gasteiger partial charge in [-0.25, -0.2) is 4.98 Å². The van der Waals surface area contributed by atoms with Crippen LogP contribution in [0.25, 0.3) is 0 Å². The van der Waals surface area contributed by atoms with Crippen molar-refractivity contribution >= 4 is 35.0 Å². The first-order valence-electron chi connectivity index (χ1n) is 5.95. The second-order valence-corrected chi connectivity index (χ2v) is 5.49. The molecule has 3 nitrogen and oxygen atoms in total. The Hall–Kier alpha value is -1.66. The number of aromatic nitrogens is 1. The monoisotopic (exact) mass is 328 g/mol. The van der Waals surface area contributed by atoms with Crippen molar-refractivity contribution in [3.8, 4) is 0 Å². The first-order valence-corrected chi connectivity index (χ1v) is 7.21. The number of hydrogen-bond donors (Lipinski definition) is 1. The van der Waals surface area contributed by atoms with Crippen molar-refractivity contribution in [3.63, 3.8) is 0 Å². The van der Waals surface area contributed by atoms with Crippen molar-refractivity contribution in [2.75, 3.05) is 5.32 Å². The molecule has 0 aliphatic carbocycles. The molecule has 110 valence electrons. The number of hydrogen-bond acceptors (Lipinski definition) is 3. The van der Waals surface area contributed by atoms with Crippen molar-refractivity contribution in [2.45, 2.75) is 17.7 Å². The summed E-state index contributed by atoms with van der Waals surface area (Å²) < 4.78 is 25.0. The lowest BCUT2D eigenvalue weighted by Crippen LogP contribution is -2.14. The summed E-state index contributed by atoms with van der Waals surface area (Å²) >= 11 is 6.22. The Labute approximate surface area is 129 Å². The summed E-state index contributed by atoms with van der Waals surface area (Å²) in [7, 11) is 0. The second-order valence-electron chi connectivity index (χ2n) is 4.10. The van der Waals surface area contributed by atoms with E-state index in [0.29, 0.717) is 16.3 Å². The van der Waals surface area contributed by atoms with Crippen LogP contribution in [0.1, 0.15) is 15.9 Å². The van der Waals surface area contributed by atoms with E-state index in [1.165, 1.54) is 18.3 Å². The van der Waals surface area contributed by atoms with Crippen molar-refractivity contribution in [1.29, 1.82) is 0 Å². The molecule has 1 aromatic carbocycles. The minimum atomic E-state index is -2.64. The molecule has 2 aromatic rings. The van der Waals surface area contributed by atoms with Gasteiger partial charge < -0.3 is 5.32 Å². The highest BCUT2D eigenvalue weighted by Crippen LogP contribution is 2.28. The highest BCUT2D eigenvalue weighted by molar-refractivity contribution is 7.99. The summed E-state index contributed by atoms with van der Waals surface area (Å²) in [6.45, 7) is 1.76. The van der Waals surface area contributed by atoms with Crippen LogP contribution in [0.3, 0.4) is 0 Å². The molecule has 0 atom stereocenters. The van der Waals surface area contributed by atoms with Crippen LogP contribution >= 0.6 is 23.4 Å². The number of carbonyl (C=O) groups excluding carboxylic acids is 1. The maximum absolute atomic E-state index is 12.5. The number of benzene rings is 1. The molecule has 0 radical (unpaired) electrons. The van der Waals surface area contributed by atoms with Crippen molar-refractivity contribution < 1.29 is 13.6 Å². The van der Waals surface area contributed by atoms with Gasteiger partial charge in [-0.05, 0) is 48.5 Å². The van der Waals surface area contributed by atoms with Crippen molar-refractivity contribution in [1.82, 2.24) is 4.98 Å². The first kappa shape index (κ1) is 15.7. The number of nitrogens with one attached hydrogen (secondary N) is 1. The van der Waals surface area contributed by atoms with Gasteiger partial charge in [0.2, 0.25) is 0 Å². The Kier molecular flexibility index (Phi) is 5.14. The van der Waals surface area contributed by atoms with Crippen molar-refractivity contribution in [2.24, 2.45) is 0 Å². The summed E-state index contributed by atoms with van der Waals surface area (Å²) in [6, 6.07) is 8.06. The summed E-state index contributed by atoms with van der Waals surface area (Å²) in [5.74, 6) is -3.14. The summed E-state index contributed by atoms with van der Waals surface area (Å²) in [6.07, 6.45) is 1.37. The standard InChI is InChI=1S/C14H11ClF2N2OS/c1-8-10(15)5-2-6-11(8)19-12(20)9-4-3-7-18-13(9)21-14(16)17/h2-7,14H,1H3,(H,19,20). The molecule has 0 spiro atoms. The maximum atomic E-state index is 12.5. The summed E-state index contributed by atoms with van der Waals surface area (Å²) in [4.78, 5) is 16.0. The predicted octanol–water partition coefficient (Wildman–Crippen LogP) is 4.61. The first-order chi connectivity index (χ1) is 9.99. The molecule has 0 saturated heterocycles. The molecule has 0 unspecified atom stereocenters. The third-order valence-electron chi connectivity index (χ3n) is 2.73. The fourth-order valence-electron chi connectivity index (χ4n) is 1.67. The van der Waals surface area contributed by atoms with E-state index in [2.05, 4.69) is 10.3 Å². The second kappa shape index (κ2) is 6.87. The highest BCUT2D eigenvalue weighted by atomic mass is 35.5. The lowest BCUT2D eigenvalue weighted by atomic mass is 10.2. The molecular weight excluding hydrogens is 318 g/mol. The molecule has 1 heterocycles. The fraction of sp³-hybridized carbons (Fsp3) is 0.143. The van der Waals surface area contributed by atoms with Gasteiger partial charge in [-0.1, -0.05) is 17.7 Å². The number of halogens is 3. The number of anilines is 1. The predicted molar refractivity (Wildman–Crippen MR) is 80.2 cm³/mol. The molecule has 0 aliphatic heterocycles. The normalized spacial score (nSPS) is 10.7. The van der Waals surface area contributed by atoms with Gasteiger partial charge in [0, 0.05) is 16.9 Å². The van der Waals surface area contributed by atoms with Crippen LogP contribution in [0.15, 0.2) is 41.6 Å². The quantitative estimate of drug-likeness (QED) is 0.833. The van der Waals surface area contributed by atoms with Crippen LogP contribution in [-0.2, 0) is 0 Å². The number of thioether (sulfide) groups is 1. The van der Waals surface area contributed by atoms with E-state index in [1.807, 2.05) is 0 Å². The van der Waals surface area contributed by atoms with E-state index in [1.54, 1.807) is 25.1 Å². The van der Waals surface area contributed by atoms with E-state index >= 15 is 0 Å². The van der Waals surface area contributed by atoms with E-state index in [-0.39, 0.29) is 22.4 Å². The average Bonchev–Trinajstić information content (AvgIpc) is 2.44. The third-order valence-corrected chi connectivity index (χ3v) is 3.87. The number of carbonyl (C=O) groups is 1. The van der Waals surface area contributed by atoms with Crippen LogP contribution < -0.4 is 5.32 Å². The molecule has 7 heteroatoms. The molecule has 0 aliphatic rings. The minimum Gasteiger partial charge on any atom is -0.322 e. The van der Waals surface area contributed by atoms with Crippen LogP contribution in [-0.4, -0.2) is 16.6 Å². The van der Waals surface area contributed by atoms with Gasteiger partial charge in [0.25, 0.3) is 11.7 Å². The Morgan fingerprint density at radius 2 is 2.10 bits per heavy atom. The van der Waals surface area contributed by atoms with Crippen LogP contribution in [0, 0.1) is 6.92 Å². The van der Waals surface area contributed by atoms with Gasteiger partial charge in [-0.2, -0.15) is 8.78 Å². The van der Waals surface area contributed by atoms with Crippen molar-refractivity contribution in [3.05, 3.63) is 52.7 Å². The minimum absolute atomic E-state index is 0.00955. The number of nitrogens with zero attached hydrogens (tertiary/aromatic N) is 1. The van der Waals surface area contributed by atoms with Gasteiger partial charge in [0.15, 0.2) is 0 Å². The number of pyridine rings is 1. The van der Waals surface area contributed by atoms with Gasteiger partial charge in [-0.15, -0.1) is 0 Å². The van der Waals surface area contributed by atoms with Gasteiger partial charge in [0.05, 0.1) is 5.56 Å². The Balaban J connectivity index is 2.27. The molecule has 1 N–H and O–H groups in total. The lowest BCUT2D eigenvalue weighted by molar-refractivity contribution is 0.102. The summed E-state index contributed by atoms with van der Waals surface area (Å²) in [5, 5.41) is 3.16. The smallest absolute Gasteiger partial charge is 0.290 e. The molecule has 21 heavy (non-hydrogen) atoms. The van der Waals surface area contributed by atoms with Gasteiger partial charge >= 0.3 is 0 Å². The van der Waals surface area contributed by atoms with Crippen LogP contribution in [0.2, 0.25) is 5.02 Å². The van der Waals surface area contributed by atoms with Gasteiger partial charge in [-0.3, -0.25) is 4.79 Å².